The molecule has 0 aromatic carbocycles. The van der Waals surface area contributed by atoms with Gasteiger partial charge >= 0.3 is 0 Å². The lowest BCUT2D eigenvalue weighted by Gasteiger charge is -2.36. The van der Waals surface area contributed by atoms with Crippen LogP contribution in [0.15, 0.2) is 0 Å². The second-order valence-corrected chi connectivity index (χ2v) is 5.71. The van der Waals surface area contributed by atoms with Crippen LogP contribution in [-0.4, -0.2) is 42.1 Å². The highest BCUT2D eigenvalue weighted by Crippen LogP contribution is 2.29. The Balaban J connectivity index is 2.55. The summed E-state index contributed by atoms with van der Waals surface area (Å²) in [6.45, 7) is 5.38. The zero-order valence-corrected chi connectivity index (χ0v) is 11.2. The van der Waals surface area contributed by atoms with Gasteiger partial charge in [-0.1, -0.05) is 13.8 Å². The van der Waals surface area contributed by atoms with Gasteiger partial charge in [-0.25, -0.2) is 0 Å². The minimum absolute atomic E-state index is 0.602. The van der Waals surface area contributed by atoms with Crippen molar-refractivity contribution in [2.45, 2.75) is 45.2 Å². The summed E-state index contributed by atoms with van der Waals surface area (Å²) in [5.74, 6) is 3.47. The lowest BCUT2D eigenvalue weighted by molar-refractivity contribution is 0.129. The molecule has 2 N–H and O–H groups in total. The highest BCUT2D eigenvalue weighted by Gasteiger charge is 2.29. The van der Waals surface area contributed by atoms with Gasteiger partial charge in [-0.05, 0) is 43.7 Å². The molecule has 90 valence electrons. The third kappa shape index (κ3) is 3.36. The first-order valence-corrected chi connectivity index (χ1v) is 7.39. The first-order valence-electron chi connectivity index (χ1n) is 6.24. The number of nitrogens with zero attached hydrogens (tertiary/aromatic N) is 1. The molecule has 0 radical (unpaired) electrons. The predicted molar refractivity (Wildman–Crippen MR) is 70.4 cm³/mol. The van der Waals surface area contributed by atoms with Crippen molar-refractivity contribution >= 4 is 11.8 Å². The highest BCUT2D eigenvalue weighted by atomic mass is 32.2. The lowest BCUT2D eigenvalue weighted by atomic mass is 9.95. The van der Waals surface area contributed by atoms with E-state index in [-0.39, 0.29) is 0 Å². The van der Waals surface area contributed by atoms with Crippen LogP contribution in [0.4, 0.5) is 0 Å². The van der Waals surface area contributed by atoms with Crippen molar-refractivity contribution in [3.8, 4) is 0 Å². The molecule has 0 amide bonds. The fourth-order valence-electron chi connectivity index (χ4n) is 2.68. The molecule has 2 atom stereocenters. The number of likely N-dealkylation sites (N-methyl/N-ethyl adjacent to an activating group) is 1. The topological polar surface area (TPSA) is 29.3 Å². The van der Waals surface area contributed by atoms with E-state index in [2.05, 4.69) is 37.6 Å². The molecule has 2 nitrogen and oxygen atoms in total. The fourth-order valence-corrected chi connectivity index (χ4v) is 4.01. The van der Waals surface area contributed by atoms with Gasteiger partial charge in [-0.2, -0.15) is 11.8 Å². The highest BCUT2D eigenvalue weighted by molar-refractivity contribution is 7.99. The zero-order valence-electron chi connectivity index (χ0n) is 10.4. The van der Waals surface area contributed by atoms with Gasteiger partial charge in [-0.15, -0.1) is 0 Å². The Bertz CT molecular complexity index is 165. The maximum atomic E-state index is 5.95. The summed E-state index contributed by atoms with van der Waals surface area (Å²) in [6.07, 6.45) is 3.84. The Kier molecular flexibility index (Phi) is 6.02. The molecule has 0 spiro atoms. The molecule has 0 saturated carbocycles. The smallest absolute Gasteiger partial charge is 0.0254 e. The van der Waals surface area contributed by atoms with E-state index in [1.54, 1.807) is 0 Å². The minimum atomic E-state index is 0.602. The first-order chi connectivity index (χ1) is 7.24. The van der Waals surface area contributed by atoms with Crippen LogP contribution in [0.3, 0.4) is 0 Å². The first kappa shape index (κ1) is 13.3. The monoisotopic (exact) mass is 230 g/mol. The fraction of sp³-hybridized carbons (Fsp3) is 1.00. The summed E-state index contributed by atoms with van der Waals surface area (Å²) in [6, 6.07) is 1.31. The van der Waals surface area contributed by atoms with Gasteiger partial charge in [-0.3, -0.25) is 4.90 Å². The standard InChI is InChI=1S/C12H26N2S/c1-4-11(5-2)14(3)12(8-13)10-6-7-15-9-10/h10-12H,4-9,13H2,1-3H3. The molecular formula is C12H26N2S. The van der Waals surface area contributed by atoms with Crippen LogP contribution < -0.4 is 5.73 Å². The van der Waals surface area contributed by atoms with E-state index in [0.29, 0.717) is 12.1 Å². The molecule has 1 aliphatic rings. The molecule has 2 unspecified atom stereocenters. The van der Waals surface area contributed by atoms with Crippen molar-refractivity contribution in [2.24, 2.45) is 11.7 Å². The van der Waals surface area contributed by atoms with Crippen LogP contribution in [0.2, 0.25) is 0 Å². The van der Waals surface area contributed by atoms with Crippen LogP contribution in [0, 0.1) is 5.92 Å². The zero-order chi connectivity index (χ0) is 11.3. The largest absolute Gasteiger partial charge is 0.329 e. The second-order valence-electron chi connectivity index (χ2n) is 4.56. The summed E-state index contributed by atoms with van der Waals surface area (Å²) in [4.78, 5) is 2.54. The van der Waals surface area contributed by atoms with Crippen molar-refractivity contribution in [3.05, 3.63) is 0 Å². The molecule has 1 aliphatic heterocycles. The van der Waals surface area contributed by atoms with Crippen molar-refractivity contribution in [2.75, 3.05) is 25.1 Å². The maximum Gasteiger partial charge on any atom is 0.0254 e. The molecule has 0 aromatic rings. The van der Waals surface area contributed by atoms with E-state index < -0.39 is 0 Å². The average molecular weight is 230 g/mol. The Morgan fingerprint density at radius 1 is 1.40 bits per heavy atom. The molecule has 0 aliphatic carbocycles. The number of hydrogen-bond acceptors (Lipinski definition) is 3. The Morgan fingerprint density at radius 2 is 2.07 bits per heavy atom. The summed E-state index contributed by atoms with van der Waals surface area (Å²) < 4.78 is 0. The predicted octanol–water partition coefficient (Wildman–Crippen LogP) is 2.19. The summed E-state index contributed by atoms with van der Waals surface area (Å²) in [7, 11) is 2.26. The van der Waals surface area contributed by atoms with Crippen molar-refractivity contribution < 1.29 is 0 Å². The number of nitrogens with two attached hydrogens (primary N) is 1. The SMILES string of the molecule is CCC(CC)N(C)C(CN)C1CCSC1. The lowest BCUT2D eigenvalue weighted by Crippen LogP contribution is -2.48. The van der Waals surface area contributed by atoms with E-state index in [1.165, 1.54) is 30.8 Å². The van der Waals surface area contributed by atoms with Gasteiger partial charge in [0.1, 0.15) is 0 Å². The van der Waals surface area contributed by atoms with E-state index in [0.717, 1.165) is 12.5 Å². The van der Waals surface area contributed by atoms with Crippen LogP contribution in [-0.2, 0) is 0 Å². The Morgan fingerprint density at radius 3 is 2.47 bits per heavy atom. The van der Waals surface area contributed by atoms with E-state index in [4.69, 9.17) is 5.73 Å². The van der Waals surface area contributed by atoms with E-state index >= 15 is 0 Å². The Labute approximate surface area is 99.0 Å². The minimum Gasteiger partial charge on any atom is -0.329 e. The van der Waals surface area contributed by atoms with Crippen LogP contribution >= 0.6 is 11.8 Å². The average Bonchev–Trinajstić information content (AvgIpc) is 2.74. The summed E-state index contributed by atoms with van der Waals surface area (Å²) in [5.41, 5.74) is 5.95. The molecule has 1 saturated heterocycles. The van der Waals surface area contributed by atoms with Crippen LogP contribution in [0.25, 0.3) is 0 Å². The van der Waals surface area contributed by atoms with Crippen molar-refractivity contribution in [1.82, 2.24) is 4.90 Å². The number of hydrogen-bond donors (Lipinski definition) is 1. The summed E-state index contributed by atoms with van der Waals surface area (Å²) >= 11 is 2.09. The molecular weight excluding hydrogens is 204 g/mol. The van der Waals surface area contributed by atoms with Gasteiger partial charge in [0.25, 0.3) is 0 Å². The molecule has 0 bridgehead atoms. The quantitative estimate of drug-likeness (QED) is 0.758. The van der Waals surface area contributed by atoms with Gasteiger partial charge in [0.2, 0.25) is 0 Å². The van der Waals surface area contributed by atoms with E-state index in [1.807, 2.05) is 0 Å². The maximum absolute atomic E-state index is 5.95. The van der Waals surface area contributed by atoms with Crippen molar-refractivity contribution in [3.63, 3.8) is 0 Å². The normalized spacial score (nSPS) is 24.0. The summed E-state index contributed by atoms with van der Waals surface area (Å²) in [5, 5.41) is 0. The third-order valence-corrected chi connectivity index (χ3v) is 4.98. The third-order valence-electron chi connectivity index (χ3n) is 3.79. The number of thioether (sulfide) groups is 1. The van der Waals surface area contributed by atoms with E-state index in [9.17, 15) is 0 Å². The number of rotatable bonds is 6. The molecule has 0 aromatic heterocycles. The van der Waals surface area contributed by atoms with Crippen LogP contribution in [0.5, 0.6) is 0 Å². The second kappa shape index (κ2) is 6.77. The van der Waals surface area contributed by atoms with Gasteiger partial charge in [0, 0.05) is 18.6 Å². The molecule has 3 heteroatoms. The van der Waals surface area contributed by atoms with Gasteiger partial charge in [0.15, 0.2) is 0 Å². The molecule has 1 fully saturated rings. The molecule has 1 rings (SSSR count). The van der Waals surface area contributed by atoms with Gasteiger partial charge in [0.05, 0.1) is 0 Å². The van der Waals surface area contributed by atoms with Gasteiger partial charge < -0.3 is 5.73 Å². The molecule has 1 heterocycles. The van der Waals surface area contributed by atoms with Crippen LogP contribution in [0.1, 0.15) is 33.1 Å². The molecule has 15 heavy (non-hydrogen) atoms. The Hall–Kier alpha value is 0.270. The van der Waals surface area contributed by atoms with Crippen molar-refractivity contribution in [1.29, 1.82) is 0 Å².